The summed E-state index contributed by atoms with van der Waals surface area (Å²) in [5, 5.41) is 2.69. The van der Waals surface area contributed by atoms with Gasteiger partial charge in [-0.3, -0.25) is 4.79 Å². The van der Waals surface area contributed by atoms with E-state index in [0.717, 1.165) is 23.8 Å². The summed E-state index contributed by atoms with van der Waals surface area (Å²) >= 11 is 0. The lowest BCUT2D eigenvalue weighted by molar-refractivity contribution is -0.121. The fourth-order valence-corrected chi connectivity index (χ4v) is 2.52. The summed E-state index contributed by atoms with van der Waals surface area (Å²) in [5.41, 5.74) is 1.94. The van der Waals surface area contributed by atoms with E-state index in [1.807, 2.05) is 38.1 Å². The van der Waals surface area contributed by atoms with Crippen LogP contribution in [0, 0.1) is 6.92 Å². The van der Waals surface area contributed by atoms with Gasteiger partial charge in [-0.05, 0) is 18.9 Å². The highest BCUT2D eigenvalue weighted by atomic mass is 32.2. The maximum absolute atomic E-state index is 11.8. The smallest absolute Gasteiger partial charge is 0.235 e. The van der Waals surface area contributed by atoms with Gasteiger partial charge in [0.25, 0.3) is 0 Å². The molecule has 0 heterocycles. The number of carbonyl (C=O) groups is 1. The molecule has 1 amide bonds. The SMILES string of the molecule is CCCNC(=O)CN(Cc1cccc(C)c1)S(C)(=O)=O. The summed E-state index contributed by atoms with van der Waals surface area (Å²) in [7, 11) is -3.42. The molecule has 0 fully saturated rings. The van der Waals surface area contributed by atoms with Crippen molar-refractivity contribution in [3.8, 4) is 0 Å². The molecule has 5 nitrogen and oxygen atoms in total. The largest absolute Gasteiger partial charge is 0.355 e. The van der Waals surface area contributed by atoms with Crippen molar-refractivity contribution in [1.82, 2.24) is 9.62 Å². The summed E-state index contributed by atoms with van der Waals surface area (Å²) in [6.07, 6.45) is 1.94. The van der Waals surface area contributed by atoms with Crippen LogP contribution in [0.25, 0.3) is 0 Å². The van der Waals surface area contributed by atoms with Gasteiger partial charge in [0.15, 0.2) is 0 Å². The maximum Gasteiger partial charge on any atom is 0.235 e. The van der Waals surface area contributed by atoms with Gasteiger partial charge < -0.3 is 5.32 Å². The molecule has 0 aliphatic heterocycles. The first-order valence-corrected chi connectivity index (χ1v) is 8.45. The van der Waals surface area contributed by atoms with Gasteiger partial charge >= 0.3 is 0 Å². The number of benzene rings is 1. The van der Waals surface area contributed by atoms with E-state index in [1.165, 1.54) is 4.31 Å². The molecule has 0 atom stereocenters. The minimum Gasteiger partial charge on any atom is -0.355 e. The van der Waals surface area contributed by atoms with Gasteiger partial charge in [0.2, 0.25) is 15.9 Å². The lowest BCUT2D eigenvalue weighted by atomic mass is 10.1. The number of hydrogen-bond donors (Lipinski definition) is 1. The van der Waals surface area contributed by atoms with Crippen LogP contribution in [0.1, 0.15) is 24.5 Å². The van der Waals surface area contributed by atoms with E-state index in [0.29, 0.717) is 6.54 Å². The van der Waals surface area contributed by atoms with Gasteiger partial charge in [0.1, 0.15) is 0 Å². The third kappa shape index (κ3) is 5.71. The number of sulfonamides is 1. The lowest BCUT2D eigenvalue weighted by Crippen LogP contribution is -2.40. The molecular weight excluding hydrogens is 276 g/mol. The Morgan fingerprint density at radius 2 is 2.05 bits per heavy atom. The Balaban J connectivity index is 2.78. The molecule has 1 aromatic rings. The van der Waals surface area contributed by atoms with E-state index < -0.39 is 10.0 Å². The molecule has 1 rings (SSSR count). The number of nitrogens with one attached hydrogen (secondary N) is 1. The van der Waals surface area contributed by atoms with Crippen molar-refractivity contribution in [3.05, 3.63) is 35.4 Å². The van der Waals surface area contributed by atoms with Crippen molar-refractivity contribution >= 4 is 15.9 Å². The molecular formula is C14H22N2O3S. The van der Waals surface area contributed by atoms with Gasteiger partial charge in [-0.1, -0.05) is 36.8 Å². The second kappa shape index (κ2) is 7.40. The first-order valence-electron chi connectivity index (χ1n) is 6.60. The topological polar surface area (TPSA) is 66.5 Å². The van der Waals surface area contributed by atoms with Crippen LogP contribution in [0.2, 0.25) is 0 Å². The van der Waals surface area contributed by atoms with Gasteiger partial charge in [0, 0.05) is 13.1 Å². The average molecular weight is 298 g/mol. The summed E-state index contributed by atoms with van der Waals surface area (Å²) < 4.78 is 24.7. The Labute approximate surface area is 121 Å². The maximum atomic E-state index is 11.8. The van der Waals surface area contributed by atoms with Crippen molar-refractivity contribution in [2.45, 2.75) is 26.8 Å². The summed E-state index contributed by atoms with van der Waals surface area (Å²) in [6.45, 7) is 4.51. The number of rotatable bonds is 7. The molecule has 0 unspecified atom stereocenters. The van der Waals surface area contributed by atoms with Crippen molar-refractivity contribution < 1.29 is 13.2 Å². The first-order chi connectivity index (χ1) is 9.32. The Morgan fingerprint density at radius 1 is 1.35 bits per heavy atom. The highest BCUT2D eigenvalue weighted by Crippen LogP contribution is 2.10. The number of amides is 1. The molecule has 0 spiro atoms. The van der Waals surface area contributed by atoms with Gasteiger partial charge in [-0.2, -0.15) is 4.31 Å². The number of aryl methyl sites for hydroxylation is 1. The number of hydrogen-bond acceptors (Lipinski definition) is 3. The fourth-order valence-electron chi connectivity index (χ4n) is 1.79. The number of carbonyl (C=O) groups excluding carboxylic acids is 1. The Hall–Kier alpha value is -1.40. The van der Waals surface area contributed by atoms with Gasteiger partial charge in [0.05, 0.1) is 12.8 Å². The quantitative estimate of drug-likeness (QED) is 0.824. The zero-order valence-electron chi connectivity index (χ0n) is 12.2. The van der Waals surface area contributed by atoms with Crippen molar-refractivity contribution in [1.29, 1.82) is 0 Å². The average Bonchev–Trinajstić information content (AvgIpc) is 2.34. The summed E-state index contributed by atoms with van der Waals surface area (Å²) in [4.78, 5) is 11.7. The Kier molecular flexibility index (Phi) is 6.16. The van der Waals surface area contributed by atoms with Crippen LogP contribution in [0.15, 0.2) is 24.3 Å². The van der Waals surface area contributed by atoms with E-state index in [1.54, 1.807) is 0 Å². The number of nitrogens with zero attached hydrogens (tertiary/aromatic N) is 1. The normalized spacial score (nSPS) is 11.6. The Bertz CT molecular complexity index is 555. The van der Waals surface area contributed by atoms with E-state index in [2.05, 4.69) is 5.32 Å². The standard InChI is InChI=1S/C14H22N2O3S/c1-4-8-15-14(17)11-16(20(3,18)19)10-13-7-5-6-12(2)9-13/h5-7,9H,4,8,10-11H2,1-3H3,(H,15,17). The molecule has 20 heavy (non-hydrogen) atoms. The molecule has 6 heteroatoms. The first kappa shape index (κ1) is 16.7. The molecule has 0 saturated heterocycles. The second-order valence-corrected chi connectivity index (χ2v) is 6.85. The fraction of sp³-hybridized carbons (Fsp3) is 0.500. The van der Waals surface area contributed by atoms with E-state index in [-0.39, 0.29) is 19.0 Å². The minimum atomic E-state index is -3.42. The van der Waals surface area contributed by atoms with Crippen LogP contribution in [-0.2, 0) is 21.4 Å². The Morgan fingerprint density at radius 3 is 2.60 bits per heavy atom. The third-order valence-corrected chi connectivity index (χ3v) is 4.00. The predicted octanol–water partition coefficient (Wildman–Crippen LogP) is 1.28. The van der Waals surface area contributed by atoms with E-state index >= 15 is 0 Å². The monoisotopic (exact) mass is 298 g/mol. The highest BCUT2D eigenvalue weighted by Gasteiger charge is 2.20. The highest BCUT2D eigenvalue weighted by molar-refractivity contribution is 7.88. The lowest BCUT2D eigenvalue weighted by Gasteiger charge is -2.19. The van der Waals surface area contributed by atoms with Crippen LogP contribution in [0.4, 0.5) is 0 Å². The molecule has 112 valence electrons. The molecule has 1 aromatic carbocycles. The third-order valence-electron chi connectivity index (χ3n) is 2.80. The van der Waals surface area contributed by atoms with Crippen LogP contribution in [-0.4, -0.2) is 38.0 Å². The molecule has 0 bridgehead atoms. The molecule has 1 N–H and O–H groups in total. The molecule has 0 aliphatic rings. The second-order valence-electron chi connectivity index (χ2n) is 4.87. The summed E-state index contributed by atoms with van der Waals surface area (Å²) in [5.74, 6) is -0.273. The van der Waals surface area contributed by atoms with Crippen LogP contribution in [0.3, 0.4) is 0 Å². The van der Waals surface area contributed by atoms with Crippen LogP contribution >= 0.6 is 0 Å². The van der Waals surface area contributed by atoms with Crippen molar-refractivity contribution in [2.24, 2.45) is 0 Å². The predicted molar refractivity (Wildman–Crippen MR) is 79.7 cm³/mol. The van der Waals surface area contributed by atoms with Crippen LogP contribution in [0.5, 0.6) is 0 Å². The molecule has 0 radical (unpaired) electrons. The van der Waals surface area contributed by atoms with E-state index in [4.69, 9.17) is 0 Å². The zero-order chi connectivity index (χ0) is 15.2. The molecule has 0 aromatic heterocycles. The van der Waals surface area contributed by atoms with Crippen molar-refractivity contribution in [3.63, 3.8) is 0 Å². The van der Waals surface area contributed by atoms with Crippen molar-refractivity contribution in [2.75, 3.05) is 19.3 Å². The van der Waals surface area contributed by atoms with Gasteiger partial charge in [-0.25, -0.2) is 8.42 Å². The molecule has 0 aliphatic carbocycles. The molecule has 0 saturated carbocycles. The zero-order valence-corrected chi connectivity index (χ0v) is 13.0. The van der Waals surface area contributed by atoms with Gasteiger partial charge in [-0.15, -0.1) is 0 Å². The summed E-state index contributed by atoms with van der Waals surface area (Å²) in [6, 6.07) is 7.60. The van der Waals surface area contributed by atoms with E-state index in [9.17, 15) is 13.2 Å². The minimum absolute atomic E-state index is 0.146. The van der Waals surface area contributed by atoms with Crippen LogP contribution < -0.4 is 5.32 Å².